The van der Waals surface area contributed by atoms with Crippen molar-refractivity contribution < 1.29 is 4.74 Å². The van der Waals surface area contributed by atoms with Crippen LogP contribution in [0.25, 0.3) is 0 Å². The topological polar surface area (TPSA) is 62.3 Å². The van der Waals surface area contributed by atoms with Crippen LogP contribution in [0, 0.1) is 0 Å². The van der Waals surface area contributed by atoms with E-state index in [-0.39, 0.29) is 0 Å². The summed E-state index contributed by atoms with van der Waals surface area (Å²) in [7, 11) is 1.61. The van der Waals surface area contributed by atoms with Crippen LogP contribution in [0.15, 0.2) is 36.4 Å². The van der Waals surface area contributed by atoms with E-state index < -0.39 is 0 Å². The first-order valence-corrected chi connectivity index (χ1v) is 9.35. The summed E-state index contributed by atoms with van der Waals surface area (Å²) in [5.74, 6) is 1.85. The number of nitrogens with zero attached hydrogens (tertiary/aromatic N) is 3. The van der Waals surface area contributed by atoms with Gasteiger partial charge in [-0.25, -0.2) is 0 Å². The molecule has 1 fully saturated rings. The fourth-order valence-electron chi connectivity index (χ4n) is 3.08. The fourth-order valence-corrected chi connectivity index (χ4v) is 3.25. The summed E-state index contributed by atoms with van der Waals surface area (Å²) >= 11 is 5.38. The van der Waals surface area contributed by atoms with Gasteiger partial charge < -0.3 is 20.3 Å². The van der Waals surface area contributed by atoms with Gasteiger partial charge in [0.25, 0.3) is 0 Å². The molecule has 138 valence electrons. The lowest BCUT2D eigenvalue weighted by Gasteiger charge is -2.34. The quantitative estimate of drug-likeness (QED) is 0.782. The maximum atomic E-state index is 5.38. The number of piperidine rings is 1. The minimum atomic E-state index is 0.447. The Bertz CT molecular complexity index is 740. The molecule has 1 aliphatic heterocycles. The molecule has 0 unspecified atom stereocenters. The lowest BCUT2D eigenvalue weighted by molar-refractivity contribution is 0.396. The van der Waals surface area contributed by atoms with E-state index >= 15 is 0 Å². The van der Waals surface area contributed by atoms with E-state index in [9.17, 15) is 0 Å². The highest BCUT2D eigenvalue weighted by atomic mass is 32.1. The smallest absolute Gasteiger partial charge is 0.234 e. The summed E-state index contributed by atoms with van der Waals surface area (Å²) in [6.45, 7) is 3.87. The molecule has 6 nitrogen and oxygen atoms in total. The second-order valence-corrected chi connectivity index (χ2v) is 6.83. The van der Waals surface area contributed by atoms with Crippen LogP contribution in [-0.4, -0.2) is 34.8 Å². The van der Waals surface area contributed by atoms with Gasteiger partial charge in [0.15, 0.2) is 5.11 Å². The molecule has 1 saturated heterocycles. The number of aromatic nitrogens is 2. The predicted molar refractivity (Wildman–Crippen MR) is 109 cm³/mol. The second-order valence-electron chi connectivity index (χ2n) is 6.42. The molecular weight excluding hydrogens is 346 g/mol. The van der Waals surface area contributed by atoms with Crippen molar-refractivity contribution in [2.75, 3.05) is 23.9 Å². The molecule has 0 bridgehead atoms. The Morgan fingerprint density at radius 1 is 1.27 bits per heavy atom. The lowest BCUT2D eigenvalue weighted by atomic mass is 10.0. The number of nitrogens with one attached hydrogen (secondary N) is 2. The Morgan fingerprint density at radius 2 is 2.08 bits per heavy atom. The SMILES string of the molecule is COc1cc(N2CCCC[C@H]2C)nc(NC(=S)NCc2ccccc2)n1. The summed E-state index contributed by atoms with van der Waals surface area (Å²) in [6.07, 6.45) is 3.61. The molecular formula is C19H25N5OS. The largest absolute Gasteiger partial charge is 0.481 e. The van der Waals surface area contributed by atoms with Crippen LogP contribution in [0.4, 0.5) is 11.8 Å². The maximum Gasteiger partial charge on any atom is 0.234 e. The van der Waals surface area contributed by atoms with Crippen molar-refractivity contribution in [3.63, 3.8) is 0 Å². The Balaban J connectivity index is 1.68. The van der Waals surface area contributed by atoms with Crippen LogP contribution in [0.1, 0.15) is 31.7 Å². The number of anilines is 2. The van der Waals surface area contributed by atoms with E-state index in [1.165, 1.54) is 19.3 Å². The standard InChI is InChI=1S/C19H25N5OS/c1-14-8-6-7-11-24(14)16-12-17(25-2)22-18(21-16)23-19(26)20-13-15-9-4-3-5-10-15/h3-5,9-10,12,14H,6-8,11,13H2,1-2H3,(H2,20,21,22,23,26)/t14-/m1/s1. The van der Waals surface area contributed by atoms with Crippen LogP contribution < -0.4 is 20.3 Å². The van der Waals surface area contributed by atoms with E-state index in [1.54, 1.807) is 7.11 Å². The Kier molecular flexibility index (Phi) is 6.22. The molecule has 0 radical (unpaired) electrons. The number of hydrogen-bond donors (Lipinski definition) is 2. The van der Waals surface area contributed by atoms with E-state index in [0.717, 1.165) is 17.9 Å². The van der Waals surface area contributed by atoms with Gasteiger partial charge in [-0.3, -0.25) is 0 Å². The fraction of sp³-hybridized carbons (Fsp3) is 0.421. The zero-order valence-corrected chi connectivity index (χ0v) is 16.1. The number of thiocarbonyl (C=S) groups is 1. The molecule has 2 aromatic rings. The van der Waals surface area contributed by atoms with E-state index in [4.69, 9.17) is 17.0 Å². The number of methoxy groups -OCH3 is 1. The van der Waals surface area contributed by atoms with Gasteiger partial charge in [0.05, 0.1) is 7.11 Å². The molecule has 1 atom stereocenters. The molecule has 1 aromatic heterocycles. The van der Waals surface area contributed by atoms with Crippen molar-refractivity contribution in [2.45, 2.75) is 38.8 Å². The number of rotatable bonds is 5. The third kappa shape index (κ3) is 4.82. The van der Waals surface area contributed by atoms with E-state index in [1.807, 2.05) is 36.4 Å². The first-order chi connectivity index (χ1) is 12.7. The molecule has 1 aliphatic rings. The van der Waals surface area contributed by atoms with Gasteiger partial charge >= 0.3 is 0 Å². The third-order valence-electron chi connectivity index (χ3n) is 4.52. The third-order valence-corrected chi connectivity index (χ3v) is 4.76. The van der Waals surface area contributed by atoms with Crippen molar-refractivity contribution in [3.05, 3.63) is 42.0 Å². The van der Waals surface area contributed by atoms with Crippen molar-refractivity contribution >= 4 is 29.1 Å². The van der Waals surface area contributed by atoms with Gasteiger partial charge in [0, 0.05) is 25.2 Å². The minimum absolute atomic E-state index is 0.447. The van der Waals surface area contributed by atoms with Gasteiger partial charge in [0.1, 0.15) is 5.82 Å². The molecule has 2 heterocycles. The summed E-state index contributed by atoms with van der Waals surface area (Å²) in [6, 6.07) is 12.4. The van der Waals surface area contributed by atoms with Gasteiger partial charge in [0.2, 0.25) is 11.8 Å². The molecule has 1 aromatic carbocycles. The lowest BCUT2D eigenvalue weighted by Crippen LogP contribution is -2.38. The minimum Gasteiger partial charge on any atom is -0.481 e. The summed E-state index contributed by atoms with van der Waals surface area (Å²) < 4.78 is 5.35. The molecule has 0 amide bonds. The number of hydrogen-bond acceptors (Lipinski definition) is 5. The molecule has 0 saturated carbocycles. The Morgan fingerprint density at radius 3 is 2.81 bits per heavy atom. The molecule has 0 spiro atoms. The zero-order valence-electron chi connectivity index (χ0n) is 15.2. The van der Waals surface area contributed by atoms with Crippen LogP contribution in [0.3, 0.4) is 0 Å². The van der Waals surface area contributed by atoms with Gasteiger partial charge in [-0.2, -0.15) is 9.97 Å². The Hall–Kier alpha value is -2.41. The van der Waals surface area contributed by atoms with Crippen LogP contribution in [0.2, 0.25) is 0 Å². The average Bonchev–Trinajstić information content (AvgIpc) is 2.67. The van der Waals surface area contributed by atoms with Gasteiger partial charge in [-0.05, 0) is 44.0 Å². The highest BCUT2D eigenvalue weighted by molar-refractivity contribution is 7.80. The highest BCUT2D eigenvalue weighted by Gasteiger charge is 2.21. The molecule has 0 aliphatic carbocycles. The predicted octanol–water partition coefficient (Wildman–Crippen LogP) is 3.35. The molecule has 26 heavy (non-hydrogen) atoms. The number of ether oxygens (including phenoxy) is 1. The van der Waals surface area contributed by atoms with Crippen LogP contribution in [0.5, 0.6) is 5.88 Å². The zero-order chi connectivity index (χ0) is 18.4. The highest BCUT2D eigenvalue weighted by Crippen LogP contribution is 2.26. The first-order valence-electron chi connectivity index (χ1n) is 8.94. The normalized spacial score (nSPS) is 16.8. The van der Waals surface area contributed by atoms with Crippen molar-refractivity contribution in [1.82, 2.24) is 15.3 Å². The van der Waals surface area contributed by atoms with Crippen LogP contribution in [-0.2, 0) is 6.54 Å². The monoisotopic (exact) mass is 371 g/mol. The van der Waals surface area contributed by atoms with Crippen molar-refractivity contribution in [1.29, 1.82) is 0 Å². The van der Waals surface area contributed by atoms with Gasteiger partial charge in [-0.1, -0.05) is 30.3 Å². The Labute approximate surface area is 160 Å². The molecule has 2 N–H and O–H groups in total. The van der Waals surface area contributed by atoms with Gasteiger partial charge in [-0.15, -0.1) is 0 Å². The van der Waals surface area contributed by atoms with Crippen molar-refractivity contribution in [2.24, 2.45) is 0 Å². The van der Waals surface area contributed by atoms with Crippen molar-refractivity contribution in [3.8, 4) is 5.88 Å². The molecule has 7 heteroatoms. The van der Waals surface area contributed by atoms with E-state index in [2.05, 4.69) is 32.4 Å². The van der Waals surface area contributed by atoms with E-state index in [0.29, 0.717) is 29.5 Å². The van der Waals surface area contributed by atoms with Crippen LogP contribution >= 0.6 is 12.2 Å². The summed E-state index contributed by atoms with van der Waals surface area (Å²) in [5.41, 5.74) is 1.16. The second kappa shape index (κ2) is 8.80. The summed E-state index contributed by atoms with van der Waals surface area (Å²) in [5, 5.41) is 6.74. The summed E-state index contributed by atoms with van der Waals surface area (Å²) in [4.78, 5) is 11.3. The molecule has 3 rings (SSSR count). The maximum absolute atomic E-state index is 5.38. The number of benzene rings is 1. The first kappa shape index (κ1) is 18.4. The average molecular weight is 372 g/mol.